The highest BCUT2D eigenvalue weighted by Gasteiger charge is 2.37. The fraction of sp³-hybridized carbons (Fsp3) is 0.500. The average molecular weight is 316 g/mol. The summed E-state index contributed by atoms with van der Waals surface area (Å²) >= 11 is 0. The van der Waals surface area contributed by atoms with E-state index < -0.39 is 17.4 Å². The summed E-state index contributed by atoms with van der Waals surface area (Å²) in [6, 6.07) is 6.63. The van der Waals surface area contributed by atoms with Gasteiger partial charge in [-0.2, -0.15) is 0 Å². The number of hydrogen-bond donors (Lipinski definition) is 1. The Hall–Kier alpha value is -2.17. The minimum absolute atomic E-state index is 0.0618. The van der Waals surface area contributed by atoms with Crippen molar-refractivity contribution in [2.45, 2.75) is 46.6 Å². The lowest BCUT2D eigenvalue weighted by molar-refractivity contribution is -0.123. The molecular weight excluding hydrogens is 292 g/mol. The average Bonchev–Trinajstić information content (AvgIpc) is 2.61. The van der Waals surface area contributed by atoms with E-state index in [1.54, 1.807) is 24.3 Å². The van der Waals surface area contributed by atoms with Crippen molar-refractivity contribution in [1.82, 2.24) is 10.2 Å². The third-order valence-electron chi connectivity index (χ3n) is 3.63. The van der Waals surface area contributed by atoms with E-state index in [-0.39, 0.29) is 17.9 Å². The number of nitrogens with zero attached hydrogens (tertiary/aromatic N) is 1. The van der Waals surface area contributed by atoms with Crippen molar-refractivity contribution in [2.24, 2.45) is 5.41 Å². The predicted octanol–water partition coefficient (Wildman–Crippen LogP) is 2.61. The molecule has 0 saturated heterocycles. The van der Waals surface area contributed by atoms with Gasteiger partial charge in [0.1, 0.15) is 6.54 Å². The van der Waals surface area contributed by atoms with Crippen LogP contribution >= 0.6 is 0 Å². The zero-order valence-electron chi connectivity index (χ0n) is 14.4. The Bertz CT molecular complexity index is 621. The summed E-state index contributed by atoms with van der Waals surface area (Å²) in [5, 5.41) is 2.92. The second-order valence-electron chi connectivity index (χ2n) is 7.91. The van der Waals surface area contributed by atoms with Crippen molar-refractivity contribution in [3.05, 3.63) is 35.4 Å². The molecule has 1 heterocycles. The minimum atomic E-state index is -0.409. The summed E-state index contributed by atoms with van der Waals surface area (Å²) < 4.78 is 0. The van der Waals surface area contributed by atoms with Crippen LogP contribution in [0.2, 0.25) is 0 Å². The molecule has 1 N–H and O–H groups in total. The van der Waals surface area contributed by atoms with Crippen LogP contribution in [0.1, 0.15) is 61.8 Å². The van der Waals surface area contributed by atoms with Crippen LogP contribution in [0, 0.1) is 5.41 Å². The predicted molar refractivity (Wildman–Crippen MR) is 88.1 cm³/mol. The molecule has 5 nitrogen and oxygen atoms in total. The Morgan fingerprint density at radius 2 is 1.48 bits per heavy atom. The SMILES string of the molecule is CC(C)(C)CC(C)(C)NC(=O)CN1C(=O)c2ccccc2C1=O. The Balaban J connectivity index is 2.05. The van der Waals surface area contributed by atoms with Gasteiger partial charge in [0, 0.05) is 5.54 Å². The summed E-state index contributed by atoms with van der Waals surface area (Å²) in [6.07, 6.45) is 0.786. The molecule has 3 amide bonds. The van der Waals surface area contributed by atoms with Gasteiger partial charge >= 0.3 is 0 Å². The van der Waals surface area contributed by atoms with Crippen molar-refractivity contribution >= 4 is 17.7 Å². The topological polar surface area (TPSA) is 66.5 Å². The molecule has 2 rings (SSSR count). The first-order valence-corrected chi connectivity index (χ1v) is 7.76. The smallest absolute Gasteiger partial charge is 0.262 e. The van der Waals surface area contributed by atoms with E-state index >= 15 is 0 Å². The fourth-order valence-electron chi connectivity index (χ4n) is 3.31. The molecule has 0 spiro atoms. The zero-order chi connectivity index (χ0) is 17.4. The first kappa shape index (κ1) is 17.2. The third-order valence-corrected chi connectivity index (χ3v) is 3.63. The van der Waals surface area contributed by atoms with Crippen molar-refractivity contribution in [2.75, 3.05) is 6.54 Å². The van der Waals surface area contributed by atoms with Crippen LogP contribution in [0.5, 0.6) is 0 Å². The molecule has 0 unspecified atom stereocenters. The third kappa shape index (κ3) is 3.97. The van der Waals surface area contributed by atoms with Crippen LogP contribution in [-0.2, 0) is 4.79 Å². The molecule has 0 atom stereocenters. The van der Waals surface area contributed by atoms with E-state index in [4.69, 9.17) is 0 Å². The van der Waals surface area contributed by atoms with Gasteiger partial charge < -0.3 is 5.32 Å². The van der Waals surface area contributed by atoms with Gasteiger partial charge in [0.05, 0.1) is 11.1 Å². The number of fused-ring (bicyclic) bond motifs is 1. The van der Waals surface area contributed by atoms with E-state index in [9.17, 15) is 14.4 Å². The Morgan fingerprint density at radius 1 is 1.00 bits per heavy atom. The molecule has 23 heavy (non-hydrogen) atoms. The van der Waals surface area contributed by atoms with E-state index in [1.807, 2.05) is 13.8 Å². The number of rotatable bonds is 4. The van der Waals surface area contributed by atoms with Crippen molar-refractivity contribution in [3.63, 3.8) is 0 Å². The van der Waals surface area contributed by atoms with Gasteiger partial charge in [-0.25, -0.2) is 0 Å². The fourth-order valence-corrected chi connectivity index (χ4v) is 3.31. The van der Waals surface area contributed by atoms with Gasteiger partial charge in [-0.05, 0) is 37.8 Å². The normalized spacial score (nSPS) is 14.9. The van der Waals surface area contributed by atoms with Crippen LogP contribution in [-0.4, -0.2) is 34.7 Å². The first-order chi connectivity index (χ1) is 10.5. The van der Waals surface area contributed by atoms with Gasteiger partial charge in [-0.15, -0.1) is 0 Å². The molecule has 1 aliphatic heterocycles. The largest absolute Gasteiger partial charge is 0.350 e. The van der Waals surface area contributed by atoms with Crippen LogP contribution in [0.4, 0.5) is 0 Å². The van der Waals surface area contributed by atoms with E-state index in [0.29, 0.717) is 11.1 Å². The molecule has 1 aromatic carbocycles. The zero-order valence-corrected chi connectivity index (χ0v) is 14.4. The number of imide groups is 1. The van der Waals surface area contributed by atoms with Gasteiger partial charge in [-0.3, -0.25) is 19.3 Å². The molecule has 5 heteroatoms. The summed E-state index contributed by atoms with van der Waals surface area (Å²) in [6.45, 7) is 9.94. The molecule has 0 aromatic heterocycles. The monoisotopic (exact) mass is 316 g/mol. The number of hydrogen-bond acceptors (Lipinski definition) is 3. The van der Waals surface area contributed by atoms with Gasteiger partial charge in [0.2, 0.25) is 5.91 Å². The number of nitrogens with one attached hydrogen (secondary N) is 1. The maximum Gasteiger partial charge on any atom is 0.262 e. The number of benzene rings is 1. The Kier molecular flexibility index (Phi) is 4.33. The standard InChI is InChI=1S/C18H24N2O3/c1-17(2,3)11-18(4,5)19-14(21)10-20-15(22)12-8-6-7-9-13(12)16(20)23/h6-9H,10-11H2,1-5H3,(H,19,21). The van der Waals surface area contributed by atoms with E-state index in [1.165, 1.54) is 0 Å². The minimum Gasteiger partial charge on any atom is -0.350 e. The molecule has 1 aromatic rings. The van der Waals surface area contributed by atoms with E-state index in [2.05, 4.69) is 26.1 Å². The van der Waals surface area contributed by atoms with Crippen LogP contribution < -0.4 is 5.32 Å². The maximum absolute atomic E-state index is 12.3. The molecule has 0 radical (unpaired) electrons. The summed E-state index contributed by atoms with van der Waals surface area (Å²) in [5.74, 6) is -1.14. The first-order valence-electron chi connectivity index (χ1n) is 7.76. The molecular formula is C18H24N2O3. The highest BCUT2D eigenvalue weighted by molar-refractivity contribution is 6.22. The molecule has 0 bridgehead atoms. The van der Waals surface area contributed by atoms with Crippen LogP contribution in [0.3, 0.4) is 0 Å². The molecule has 1 aliphatic rings. The Labute approximate surface area is 137 Å². The molecule has 124 valence electrons. The quantitative estimate of drug-likeness (QED) is 0.868. The Morgan fingerprint density at radius 3 is 1.91 bits per heavy atom. The lowest BCUT2D eigenvalue weighted by Crippen LogP contribution is -2.50. The van der Waals surface area contributed by atoms with Crippen molar-refractivity contribution in [3.8, 4) is 0 Å². The summed E-state index contributed by atoms with van der Waals surface area (Å²) in [4.78, 5) is 37.8. The highest BCUT2D eigenvalue weighted by Crippen LogP contribution is 2.27. The van der Waals surface area contributed by atoms with E-state index in [0.717, 1.165) is 11.3 Å². The number of amides is 3. The summed E-state index contributed by atoms with van der Waals surface area (Å²) in [7, 11) is 0. The van der Waals surface area contributed by atoms with Crippen LogP contribution in [0.25, 0.3) is 0 Å². The van der Waals surface area contributed by atoms with Crippen LogP contribution in [0.15, 0.2) is 24.3 Å². The molecule has 0 fully saturated rings. The number of carbonyl (C=O) groups is 3. The lowest BCUT2D eigenvalue weighted by atomic mass is 9.82. The highest BCUT2D eigenvalue weighted by atomic mass is 16.2. The molecule has 0 saturated carbocycles. The lowest BCUT2D eigenvalue weighted by Gasteiger charge is -2.33. The van der Waals surface area contributed by atoms with Crippen molar-refractivity contribution < 1.29 is 14.4 Å². The number of carbonyl (C=O) groups excluding carboxylic acids is 3. The van der Waals surface area contributed by atoms with Crippen molar-refractivity contribution in [1.29, 1.82) is 0 Å². The van der Waals surface area contributed by atoms with Gasteiger partial charge in [0.15, 0.2) is 0 Å². The molecule has 0 aliphatic carbocycles. The second-order valence-corrected chi connectivity index (χ2v) is 7.91. The van der Waals surface area contributed by atoms with Gasteiger partial charge in [0.25, 0.3) is 11.8 Å². The van der Waals surface area contributed by atoms with Gasteiger partial charge in [-0.1, -0.05) is 32.9 Å². The second kappa shape index (κ2) is 5.80. The maximum atomic E-state index is 12.3. The summed E-state index contributed by atoms with van der Waals surface area (Å²) in [5.41, 5.74) is 0.374.